The van der Waals surface area contributed by atoms with E-state index in [-0.39, 0.29) is 51.4 Å². The summed E-state index contributed by atoms with van der Waals surface area (Å²) >= 11 is 0. The molecular formula is HClKNO2S. The van der Waals surface area contributed by atoms with Crippen LogP contribution in [0.4, 0.5) is 0 Å². The van der Waals surface area contributed by atoms with Crippen molar-refractivity contribution < 1.29 is 59.8 Å². The summed E-state index contributed by atoms with van der Waals surface area (Å²) in [5.74, 6) is 0. The monoisotopic (exact) mass is 153 g/mol. The predicted octanol–water partition coefficient (Wildman–Crippen LogP) is -2.47. The molecular weight excluding hydrogens is 153 g/mol. The van der Waals surface area contributed by atoms with Crippen LogP contribution >= 0.6 is 10.7 Å². The fourth-order valence-electron chi connectivity index (χ4n) is 0. The molecule has 0 atom stereocenters. The van der Waals surface area contributed by atoms with Gasteiger partial charge in [0.2, 0.25) is 0 Å². The number of halogens is 1. The van der Waals surface area contributed by atoms with Crippen LogP contribution in [0.2, 0.25) is 0 Å². The molecule has 1 N–H and O–H groups in total. The van der Waals surface area contributed by atoms with Gasteiger partial charge in [0.05, 0.1) is 0 Å². The van der Waals surface area contributed by atoms with Crippen molar-refractivity contribution in [2.75, 3.05) is 0 Å². The summed E-state index contributed by atoms with van der Waals surface area (Å²) in [4.78, 5) is 0. The molecule has 0 aliphatic heterocycles. The van der Waals surface area contributed by atoms with Gasteiger partial charge in [-0.3, -0.25) is 0 Å². The van der Waals surface area contributed by atoms with Gasteiger partial charge in [-0.25, -0.2) is 8.42 Å². The Hall–Kier alpha value is 1.84. The SMILES string of the molecule is [K+].[NH-]S(=O)(=O)Cl. The second kappa shape index (κ2) is 3.79. The van der Waals surface area contributed by atoms with Crippen LogP contribution in [0.5, 0.6) is 0 Å². The number of nitrogens with one attached hydrogen (secondary N) is 1. The van der Waals surface area contributed by atoms with E-state index in [1.54, 1.807) is 0 Å². The minimum absolute atomic E-state index is 0. The molecule has 0 saturated heterocycles. The Labute approximate surface area is 83.2 Å². The molecule has 3 nitrogen and oxygen atoms in total. The minimum Gasteiger partial charge on any atom is -0.550 e. The molecule has 0 aliphatic rings. The Bertz CT molecular complexity index is 96.7. The molecule has 0 unspecified atom stereocenters. The van der Waals surface area contributed by atoms with Crippen LogP contribution in [0, 0.1) is 0 Å². The summed E-state index contributed by atoms with van der Waals surface area (Å²) in [5, 5.41) is 5.68. The second-order valence-corrected chi connectivity index (χ2v) is 2.53. The molecule has 0 rings (SSSR count). The van der Waals surface area contributed by atoms with E-state index < -0.39 is 9.24 Å². The van der Waals surface area contributed by atoms with E-state index >= 15 is 0 Å². The number of hydrogen-bond acceptors (Lipinski definition) is 2. The van der Waals surface area contributed by atoms with Crippen molar-refractivity contribution in [1.29, 1.82) is 0 Å². The molecule has 0 aromatic carbocycles. The maximum Gasteiger partial charge on any atom is 1.00 e. The Kier molecular flexibility index (Phi) is 6.80. The molecule has 0 bridgehead atoms. The molecule has 0 aromatic rings. The molecule has 0 radical (unpaired) electrons. The molecule has 0 heterocycles. The largest absolute Gasteiger partial charge is 1.00 e. The van der Waals surface area contributed by atoms with Crippen LogP contribution in [0.25, 0.3) is 5.14 Å². The quantitative estimate of drug-likeness (QED) is 0.286. The van der Waals surface area contributed by atoms with Crippen LogP contribution in [0.15, 0.2) is 0 Å². The topological polar surface area (TPSA) is 57.9 Å². The Morgan fingerprint density at radius 2 is 1.50 bits per heavy atom. The maximum absolute atomic E-state index is 9.06. The first-order valence-electron chi connectivity index (χ1n) is 0.692. The van der Waals surface area contributed by atoms with Crippen molar-refractivity contribution in [3.05, 3.63) is 5.14 Å². The van der Waals surface area contributed by atoms with Gasteiger partial charge in [0, 0.05) is 0 Å². The van der Waals surface area contributed by atoms with Gasteiger partial charge in [0.25, 0.3) is 0 Å². The van der Waals surface area contributed by atoms with E-state index in [4.69, 9.17) is 13.6 Å². The molecule has 0 spiro atoms. The van der Waals surface area contributed by atoms with Crippen molar-refractivity contribution in [2.45, 2.75) is 0 Å². The summed E-state index contributed by atoms with van der Waals surface area (Å²) in [6, 6.07) is 0. The van der Waals surface area contributed by atoms with Crippen molar-refractivity contribution >= 4 is 19.9 Å². The summed E-state index contributed by atoms with van der Waals surface area (Å²) in [6.45, 7) is 0. The smallest absolute Gasteiger partial charge is 0.550 e. The summed E-state index contributed by atoms with van der Waals surface area (Å²) in [7, 11) is 0.225. The van der Waals surface area contributed by atoms with Gasteiger partial charge in [-0.2, -0.15) is 0 Å². The number of rotatable bonds is 0. The molecule has 0 aromatic heterocycles. The zero-order chi connectivity index (χ0) is 4.50. The zero-order valence-corrected chi connectivity index (χ0v) is 7.80. The van der Waals surface area contributed by atoms with Crippen molar-refractivity contribution in [3.8, 4) is 0 Å². The fraction of sp³-hybridized carbons (Fsp3) is 0. The first-order valence-corrected chi connectivity index (χ1v) is 3.00. The third-order valence-corrected chi connectivity index (χ3v) is 0. The molecule has 32 valence electrons. The number of hydrogen-bond donors (Lipinski definition) is 0. The third-order valence-electron chi connectivity index (χ3n) is 0. The minimum atomic E-state index is -3.94. The van der Waals surface area contributed by atoms with E-state index in [9.17, 15) is 0 Å². The molecule has 0 saturated carbocycles. The zero-order valence-electron chi connectivity index (χ0n) is 3.10. The van der Waals surface area contributed by atoms with E-state index in [1.165, 1.54) is 0 Å². The third kappa shape index (κ3) is 40.5. The Balaban J connectivity index is 0. The second-order valence-electron chi connectivity index (χ2n) is 0.438. The first kappa shape index (κ1) is 10.8. The Morgan fingerprint density at radius 3 is 1.50 bits per heavy atom. The van der Waals surface area contributed by atoms with Crippen molar-refractivity contribution in [2.24, 2.45) is 0 Å². The molecule has 6 heteroatoms. The summed E-state index contributed by atoms with van der Waals surface area (Å²) < 4.78 is 18.1. The summed E-state index contributed by atoms with van der Waals surface area (Å²) in [5.41, 5.74) is 0. The van der Waals surface area contributed by atoms with Gasteiger partial charge in [-0.05, 0) is 10.7 Å². The van der Waals surface area contributed by atoms with Crippen LogP contribution < -0.4 is 51.4 Å². The van der Waals surface area contributed by atoms with Crippen molar-refractivity contribution in [3.63, 3.8) is 0 Å². The van der Waals surface area contributed by atoms with E-state index in [1.807, 2.05) is 0 Å². The van der Waals surface area contributed by atoms with E-state index in [0.717, 1.165) is 0 Å². The Morgan fingerprint density at radius 1 is 1.50 bits per heavy atom. The van der Waals surface area contributed by atoms with Crippen LogP contribution in [0.1, 0.15) is 0 Å². The standard InChI is InChI=1S/ClHNO2S.K/c1-5(2,3)4;/h(H-,2,3,4);/q-1;+1. The molecule has 0 aliphatic carbocycles. The molecule has 6 heavy (non-hydrogen) atoms. The van der Waals surface area contributed by atoms with Crippen LogP contribution in [-0.2, 0) is 9.24 Å². The van der Waals surface area contributed by atoms with E-state index in [2.05, 4.69) is 10.7 Å². The van der Waals surface area contributed by atoms with Crippen molar-refractivity contribution in [1.82, 2.24) is 0 Å². The summed E-state index contributed by atoms with van der Waals surface area (Å²) in [6.07, 6.45) is 0. The van der Waals surface area contributed by atoms with Gasteiger partial charge >= 0.3 is 51.4 Å². The van der Waals surface area contributed by atoms with Gasteiger partial charge in [-0.15, -0.1) is 0 Å². The maximum atomic E-state index is 9.06. The van der Waals surface area contributed by atoms with Crippen LogP contribution in [-0.4, -0.2) is 8.42 Å². The molecule has 0 amide bonds. The normalized spacial score (nSPS) is 9.67. The average Bonchev–Trinajstić information content (AvgIpc) is 0.722. The first-order chi connectivity index (χ1) is 2.00. The van der Waals surface area contributed by atoms with Gasteiger partial charge in [0.1, 0.15) is 0 Å². The van der Waals surface area contributed by atoms with Gasteiger partial charge in [0.15, 0.2) is 9.24 Å². The average molecular weight is 154 g/mol. The predicted molar refractivity (Wildman–Crippen MR) is 19.1 cm³/mol. The van der Waals surface area contributed by atoms with Gasteiger partial charge in [-0.1, -0.05) is 0 Å². The van der Waals surface area contributed by atoms with E-state index in [0.29, 0.717) is 0 Å². The van der Waals surface area contributed by atoms with Gasteiger partial charge < -0.3 is 5.14 Å². The fourth-order valence-corrected chi connectivity index (χ4v) is 0. The van der Waals surface area contributed by atoms with Crippen LogP contribution in [0.3, 0.4) is 0 Å². The molecule has 0 fully saturated rings.